The molecule has 1 aromatic heterocycles. The van der Waals surface area contributed by atoms with Crippen LogP contribution in [0.25, 0.3) is 17.0 Å². The molecule has 1 N–H and O–H groups in total. The third kappa shape index (κ3) is 4.36. The molecule has 0 aliphatic carbocycles. The van der Waals surface area contributed by atoms with Crippen molar-refractivity contribution >= 4 is 28.9 Å². The van der Waals surface area contributed by atoms with Crippen molar-refractivity contribution < 1.29 is 18.4 Å². The van der Waals surface area contributed by atoms with Gasteiger partial charge in [-0.3, -0.25) is 4.90 Å². The summed E-state index contributed by atoms with van der Waals surface area (Å²) in [5.41, 5.74) is 2.94. The Balaban J connectivity index is 1.64. The van der Waals surface area contributed by atoms with Crippen LogP contribution in [-0.4, -0.2) is 23.3 Å². The summed E-state index contributed by atoms with van der Waals surface area (Å²) in [7, 11) is 1.59. The van der Waals surface area contributed by atoms with Gasteiger partial charge in [-0.1, -0.05) is 35.0 Å². The van der Waals surface area contributed by atoms with Gasteiger partial charge in [-0.25, -0.2) is 9.18 Å². The van der Waals surface area contributed by atoms with Gasteiger partial charge in [0.1, 0.15) is 11.6 Å². The van der Waals surface area contributed by atoms with E-state index in [1.165, 1.54) is 17.0 Å². The molecule has 176 valence electrons. The molecule has 0 spiro atoms. The van der Waals surface area contributed by atoms with Crippen molar-refractivity contribution in [1.29, 1.82) is 0 Å². The minimum Gasteiger partial charge on any atom is -0.497 e. The first-order valence-electron chi connectivity index (χ1n) is 10.8. The van der Waals surface area contributed by atoms with Crippen LogP contribution in [0.5, 0.6) is 5.75 Å². The quantitative estimate of drug-likeness (QED) is 0.358. The van der Waals surface area contributed by atoms with Crippen LogP contribution >= 0.6 is 11.6 Å². The first-order chi connectivity index (χ1) is 16.9. The highest BCUT2D eigenvalue weighted by atomic mass is 35.5. The zero-order chi connectivity index (χ0) is 24.5. The monoisotopic (exact) mass is 490 g/mol. The highest BCUT2D eigenvalue weighted by Gasteiger charge is 2.36. The van der Waals surface area contributed by atoms with E-state index in [0.29, 0.717) is 39.1 Å². The highest BCUT2D eigenvalue weighted by molar-refractivity contribution is 6.31. The second-order valence-corrected chi connectivity index (χ2v) is 8.34. The zero-order valence-corrected chi connectivity index (χ0v) is 19.6. The number of aromatic nitrogens is 2. The number of rotatable bonds is 5. The van der Waals surface area contributed by atoms with E-state index in [0.717, 1.165) is 5.56 Å². The molecule has 4 aromatic rings. The summed E-state index contributed by atoms with van der Waals surface area (Å²) >= 11 is 6.18. The van der Waals surface area contributed by atoms with E-state index in [2.05, 4.69) is 15.5 Å². The van der Waals surface area contributed by atoms with Crippen molar-refractivity contribution in [1.82, 2.24) is 15.5 Å². The van der Waals surface area contributed by atoms with Gasteiger partial charge in [0.15, 0.2) is 0 Å². The second-order valence-electron chi connectivity index (χ2n) is 7.90. The van der Waals surface area contributed by atoms with Crippen LogP contribution in [0.4, 0.5) is 14.9 Å². The molecule has 0 saturated carbocycles. The molecule has 1 atom stereocenters. The van der Waals surface area contributed by atoms with Gasteiger partial charge >= 0.3 is 6.03 Å². The van der Waals surface area contributed by atoms with Crippen LogP contribution in [0.1, 0.15) is 24.4 Å². The van der Waals surface area contributed by atoms with E-state index in [1.807, 2.05) is 12.1 Å². The van der Waals surface area contributed by atoms with E-state index >= 15 is 0 Å². The fourth-order valence-electron chi connectivity index (χ4n) is 4.07. The maximum absolute atomic E-state index is 14.1. The SMILES string of the molecule is COc1ccc(-c2noc(C3=C(C)N(c4cccc(Cl)c4)C(=O)NC3c3cccc(F)c3)n2)cc1. The molecule has 9 heteroatoms. The smallest absolute Gasteiger partial charge is 0.326 e. The molecule has 1 unspecified atom stereocenters. The number of ether oxygens (including phenoxy) is 1. The van der Waals surface area contributed by atoms with Gasteiger partial charge < -0.3 is 14.6 Å². The summed E-state index contributed by atoms with van der Waals surface area (Å²) < 4.78 is 25.0. The first-order valence-corrected chi connectivity index (χ1v) is 11.1. The Morgan fingerprint density at radius 3 is 2.57 bits per heavy atom. The standard InChI is InChI=1S/C26H20ClFN4O3/c1-15-22(25-30-24(31-35-25)16-9-11-21(34-2)12-10-16)23(17-5-3-7-19(28)13-17)29-26(33)32(15)20-8-4-6-18(27)14-20/h3-14,23H,1-2H3,(H,29,33). The van der Waals surface area contributed by atoms with Crippen LogP contribution in [0.3, 0.4) is 0 Å². The van der Waals surface area contributed by atoms with Gasteiger partial charge in [-0.05, 0) is 67.1 Å². The predicted octanol–water partition coefficient (Wildman–Crippen LogP) is 6.24. The number of carbonyl (C=O) groups is 1. The number of nitrogens with one attached hydrogen (secondary N) is 1. The lowest BCUT2D eigenvalue weighted by Crippen LogP contribution is -2.46. The summed E-state index contributed by atoms with van der Waals surface area (Å²) in [6.45, 7) is 1.78. The lowest BCUT2D eigenvalue weighted by atomic mass is 9.94. The number of hydrogen-bond acceptors (Lipinski definition) is 5. The molecule has 0 radical (unpaired) electrons. The Bertz CT molecular complexity index is 1430. The average molecular weight is 491 g/mol. The maximum atomic E-state index is 14.1. The van der Waals surface area contributed by atoms with Gasteiger partial charge in [0.2, 0.25) is 5.82 Å². The molecule has 0 saturated heterocycles. The Hall–Kier alpha value is -4.17. The minimum absolute atomic E-state index is 0.203. The Labute approximate surface area is 205 Å². The molecular weight excluding hydrogens is 471 g/mol. The van der Waals surface area contributed by atoms with Crippen molar-refractivity contribution in [3.63, 3.8) is 0 Å². The van der Waals surface area contributed by atoms with Crippen LogP contribution in [-0.2, 0) is 0 Å². The molecule has 0 bridgehead atoms. The number of benzene rings is 3. The normalized spacial score (nSPS) is 15.8. The van der Waals surface area contributed by atoms with Crippen LogP contribution in [0.2, 0.25) is 5.02 Å². The van der Waals surface area contributed by atoms with Crippen LogP contribution < -0.4 is 15.0 Å². The number of amides is 2. The Morgan fingerprint density at radius 2 is 1.86 bits per heavy atom. The maximum Gasteiger partial charge on any atom is 0.326 e. The van der Waals surface area contributed by atoms with Crippen molar-refractivity contribution in [2.45, 2.75) is 13.0 Å². The molecule has 1 aliphatic heterocycles. The summed E-state index contributed by atoms with van der Waals surface area (Å²) in [5, 5.41) is 7.57. The molecule has 2 amide bonds. The third-order valence-electron chi connectivity index (χ3n) is 5.74. The summed E-state index contributed by atoms with van der Waals surface area (Å²) in [6, 6.07) is 19.1. The molecule has 2 heterocycles. The number of anilines is 1. The molecular formula is C26H20ClFN4O3. The molecule has 1 aliphatic rings. The van der Waals surface area contributed by atoms with Crippen molar-refractivity contribution in [3.05, 3.63) is 101 Å². The predicted molar refractivity (Wildman–Crippen MR) is 130 cm³/mol. The number of halogens is 2. The number of urea groups is 1. The summed E-state index contributed by atoms with van der Waals surface area (Å²) in [6.07, 6.45) is 0. The number of allylic oxidation sites excluding steroid dienone is 1. The van der Waals surface area contributed by atoms with Gasteiger partial charge in [0.25, 0.3) is 5.89 Å². The average Bonchev–Trinajstić information content (AvgIpc) is 3.33. The van der Waals surface area contributed by atoms with Gasteiger partial charge in [-0.15, -0.1) is 0 Å². The molecule has 5 rings (SSSR count). The minimum atomic E-state index is -0.710. The fraction of sp³-hybridized carbons (Fsp3) is 0.115. The topological polar surface area (TPSA) is 80.5 Å². The van der Waals surface area contributed by atoms with Crippen molar-refractivity contribution in [3.8, 4) is 17.1 Å². The van der Waals surface area contributed by atoms with Crippen LogP contribution in [0.15, 0.2) is 83.0 Å². The molecule has 3 aromatic carbocycles. The zero-order valence-electron chi connectivity index (χ0n) is 18.8. The van der Waals surface area contributed by atoms with Crippen molar-refractivity contribution in [2.24, 2.45) is 0 Å². The lowest BCUT2D eigenvalue weighted by molar-refractivity contribution is 0.244. The summed E-state index contributed by atoms with van der Waals surface area (Å²) in [4.78, 5) is 19.3. The van der Waals surface area contributed by atoms with Crippen LogP contribution in [0, 0.1) is 5.82 Å². The highest BCUT2D eigenvalue weighted by Crippen LogP contribution is 2.39. The molecule has 7 nitrogen and oxygen atoms in total. The van der Waals surface area contributed by atoms with E-state index in [9.17, 15) is 9.18 Å². The Morgan fingerprint density at radius 1 is 1.09 bits per heavy atom. The van der Waals surface area contributed by atoms with E-state index in [-0.39, 0.29) is 5.89 Å². The van der Waals surface area contributed by atoms with Gasteiger partial charge in [0.05, 0.1) is 24.4 Å². The Kier molecular flexibility index (Phi) is 5.96. The molecule has 0 fully saturated rings. The number of hydrogen-bond donors (Lipinski definition) is 1. The fourth-order valence-corrected chi connectivity index (χ4v) is 4.26. The lowest BCUT2D eigenvalue weighted by Gasteiger charge is -2.35. The largest absolute Gasteiger partial charge is 0.497 e. The van der Waals surface area contributed by atoms with Gasteiger partial charge in [-0.2, -0.15) is 4.98 Å². The van der Waals surface area contributed by atoms with Gasteiger partial charge in [0, 0.05) is 16.3 Å². The number of methoxy groups -OCH3 is 1. The second kappa shape index (κ2) is 9.23. The first kappa shape index (κ1) is 22.6. The third-order valence-corrected chi connectivity index (χ3v) is 5.97. The van der Waals surface area contributed by atoms with E-state index < -0.39 is 17.9 Å². The van der Waals surface area contributed by atoms with Crippen molar-refractivity contribution in [2.75, 3.05) is 12.0 Å². The molecule has 35 heavy (non-hydrogen) atoms. The van der Waals surface area contributed by atoms with E-state index in [4.69, 9.17) is 20.9 Å². The summed E-state index contributed by atoms with van der Waals surface area (Å²) in [5.74, 6) is 0.853. The number of carbonyl (C=O) groups excluding carboxylic acids is 1. The van der Waals surface area contributed by atoms with E-state index in [1.54, 1.807) is 62.6 Å². The number of nitrogens with zero attached hydrogens (tertiary/aromatic N) is 3.